The van der Waals surface area contributed by atoms with Crippen molar-refractivity contribution in [3.8, 4) is 0 Å². The van der Waals surface area contributed by atoms with Crippen molar-refractivity contribution in [3.05, 3.63) is 17.5 Å². The van der Waals surface area contributed by atoms with Gasteiger partial charge < -0.3 is 10.1 Å². The van der Waals surface area contributed by atoms with E-state index >= 15 is 0 Å². The Kier molecular flexibility index (Phi) is 7.10. The standard InChI is InChI=1S/C15H29N3O/c1-6-13-10-15(18(7-2)17-13)11-14(16-4)9-8-12(3)19-5/h10,12,14,16H,6-9,11H2,1-5H3. The molecule has 0 fully saturated rings. The van der Waals surface area contributed by atoms with Crippen LogP contribution in [-0.4, -0.2) is 36.1 Å². The lowest BCUT2D eigenvalue weighted by Gasteiger charge is -2.18. The van der Waals surface area contributed by atoms with E-state index in [4.69, 9.17) is 4.74 Å². The fourth-order valence-corrected chi connectivity index (χ4v) is 2.28. The first-order valence-electron chi connectivity index (χ1n) is 7.40. The molecule has 1 aromatic rings. The SMILES string of the molecule is CCc1cc(CC(CCC(C)OC)NC)n(CC)n1. The molecule has 0 aliphatic heterocycles. The maximum Gasteiger partial charge on any atom is 0.0624 e. The predicted molar refractivity (Wildman–Crippen MR) is 79.5 cm³/mol. The second-order valence-electron chi connectivity index (χ2n) is 5.11. The molecule has 0 bridgehead atoms. The van der Waals surface area contributed by atoms with Crippen LogP contribution in [-0.2, 0) is 24.1 Å². The van der Waals surface area contributed by atoms with Crippen LogP contribution in [0, 0.1) is 0 Å². The van der Waals surface area contributed by atoms with Gasteiger partial charge in [-0.3, -0.25) is 4.68 Å². The van der Waals surface area contributed by atoms with Crippen LogP contribution in [0.1, 0.15) is 45.0 Å². The van der Waals surface area contributed by atoms with E-state index in [1.54, 1.807) is 7.11 Å². The highest BCUT2D eigenvalue weighted by Gasteiger charge is 2.13. The Hall–Kier alpha value is -0.870. The van der Waals surface area contributed by atoms with E-state index in [1.165, 1.54) is 11.4 Å². The summed E-state index contributed by atoms with van der Waals surface area (Å²) in [5.74, 6) is 0. The summed E-state index contributed by atoms with van der Waals surface area (Å²) in [5, 5.41) is 8.02. The molecule has 2 atom stereocenters. The molecule has 0 saturated carbocycles. The van der Waals surface area contributed by atoms with Gasteiger partial charge in [0.2, 0.25) is 0 Å². The Morgan fingerprint density at radius 3 is 2.63 bits per heavy atom. The van der Waals surface area contributed by atoms with Gasteiger partial charge in [0.1, 0.15) is 0 Å². The molecule has 110 valence electrons. The molecule has 0 spiro atoms. The number of rotatable bonds is 9. The second-order valence-corrected chi connectivity index (χ2v) is 5.11. The molecule has 2 unspecified atom stereocenters. The van der Waals surface area contributed by atoms with Crippen molar-refractivity contribution in [1.29, 1.82) is 0 Å². The fourth-order valence-electron chi connectivity index (χ4n) is 2.28. The molecule has 0 amide bonds. The Labute approximate surface area is 117 Å². The zero-order valence-corrected chi connectivity index (χ0v) is 13.1. The zero-order valence-electron chi connectivity index (χ0n) is 13.1. The number of hydrogen-bond donors (Lipinski definition) is 1. The molecule has 1 aromatic heterocycles. The quantitative estimate of drug-likeness (QED) is 0.747. The van der Waals surface area contributed by atoms with E-state index in [9.17, 15) is 0 Å². The molecule has 0 radical (unpaired) electrons. The summed E-state index contributed by atoms with van der Waals surface area (Å²) in [6.45, 7) is 7.37. The van der Waals surface area contributed by atoms with Crippen molar-refractivity contribution in [2.75, 3.05) is 14.2 Å². The third kappa shape index (κ3) is 4.96. The fraction of sp³-hybridized carbons (Fsp3) is 0.800. The number of aromatic nitrogens is 2. The van der Waals surface area contributed by atoms with Crippen LogP contribution in [0.3, 0.4) is 0 Å². The second kappa shape index (κ2) is 8.33. The van der Waals surface area contributed by atoms with E-state index in [0.29, 0.717) is 12.1 Å². The molecule has 0 aromatic carbocycles. The number of nitrogens with one attached hydrogen (secondary N) is 1. The summed E-state index contributed by atoms with van der Waals surface area (Å²) < 4.78 is 7.44. The van der Waals surface area contributed by atoms with Gasteiger partial charge in [-0.15, -0.1) is 0 Å². The normalized spacial score (nSPS) is 14.6. The largest absolute Gasteiger partial charge is 0.382 e. The van der Waals surface area contributed by atoms with Gasteiger partial charge in [0, 0.05) is 31.8 Å². The summed E-state index contributed by atoms with van der Waals surface area (Å²) >= 11 is 0. The Bertz CT molecular complexity index is 362. The number of ether oxygens (including phenoxy) is 1. The minimum atomic E-state index is 0.332. The topological polar surface area (TPSA) is 39.1 Å². The minimum absolute atomic E-state index is 0.332. The summed E-state index contributed by atoms with van der Waals surface area (Å²) in [7, 11) is 3.81. The van der Waals surface area contributed by atoms with E-state index in [0.717, 1.165) is 32.2 Å². The van der Waals surface area contributed by atoms with Crippen LogP contribution >= 0.6 is 0 Å². The van der Waals surface area contributed by atoms with E-state index < -0.39 is 0 Å². The Balaban J connectivity index is 2.61. The van der Waals surface area contributed by atoms with Crippen molar-refractivity contribution in [3.63, 3.8) is 0 Å². The number of methoxy groups -OCH3 is 1. The monoisotopic (exact) mass is 267 g/mol. The van der Waals surface area contributed by atoms with Gasteiger partial charge in [-0.1, -0.05) is 6.92 Å². The average Bonchev–Trinajstić information content (AvgIpc) is 2.84. The molecule has 0 aliphatic carbocycles. The van der Waals surface area contributed by atoms with Gasteiger partial charge in [0.05, 0.1) is 11.8 Å². The van der Waals surface area contributed by atoms with Crippen LogP contribution in [0.4, 0.5) is 0 Å². The van der Waals surface area contributed by atoms with Gasteiger partial charge in [-0.25, -0.2) is 0 Å². The Morgan fingerprint density at radius 2 is 2.11 bits per heavy atom. The molecular formula is C15H29N3O. The Morgan fingerprint density at radius 1 is 1.37 bits per heavy atom. The molecule has 0 saturated heterocycles. The summed E-state index contributed by atoms with van der Waals surface area (Å²) in [6.07, 6.45) is 4.59. The highest BCUT2D eigenvalue weighted by Crippen LogP contribution is 2.12. The van der Waals surface area contributed by atoms with E-state index in [1.807, 2.05) is 7.05 Å². The number of hydrogen-bond acceptors (Lipinski definition) is 3. The molecule has 1 rings (SSSR count). The predicted octanol–water partition coefficient (Wildman–Crippen LogP) is 2.41. The van der Waals surface area contributed by atoms with Gasteiger partial charge in [0.15, 0.2) is 0 Å². The van der Waals surface area contributed by atoms with Crippen molar-refractivity contribution < 1.29 is 4.74 Å². The third-order valence-corrected chi connectivity index (χ3v) is 3.76. The van der Waals surface area contributed by atoms with Crippen LogP contribution in [0.5, 0.6) is 0 Å². The molecular weight excluding hydrogens is 238 g/mol. The third-order valence-electron chi connectivity index (χ3n) is 3.76. The van der Waals surface area contributed by atoms with Crippen molar-refractivity contribution in [2.45, 2.75) is 65.1 Å². The van der Waals surface area contributed by atoms with Crippen molar-refractivity contribution in [1.82, 2.24) is 15.1 Å². The summed E-state index contributed by atoms with van der Waals surface area (Å²) in [4.78, 5) is 0. The molecule has 0 aliphatic rings. The first-order valence-corrected chi connectivity index (χ1v) is 7.40. The lowest BCUT2D eigenvalue weighted by molar-refractivity contribution is 0.106. The highest BCUT2D eigenvalue weighted by atomic mass is 16.5. The lowest BCUT2D eigenvalue weighted by Crippen LogP contribution is -2.29. The first kappa shape index (κ1) is 16.2. The van der Waals surface area contributed by atoms with Crippen LogP contribution in [0.25, 0.3) is 0 Å². The molecule has 1 N–H and O–H groups in total. The summed E-state index contributed by atoms with van der Waals surface area (Å²) in [6, 6.07) is 2.73. The van der Waals surface area contributed by atoms with Crippen LogP contribution in [0.2, 0.25) is 0 Å². The molecule has 1 heterocycles. The van der Waals surface area contributed by atoms with Gasteiger partial charge in [-0.05, 0) is 46.2 Å². The maximum atomic E-state index is 5.32. The maximum absolute atomic E-state index is 5.32. The van der Waals surface area contributed by atoms with E-state index in [-0.39, 0.29) is 0 Å². The van der Waals surface area contributed by atoms with Gasteiger partial charge >= 0.3 is 0 Å². The number of nitrogens with zero attached hydrogens (tertiary/aromatic N) is 2. The van der Waals surface area contributed by atoms with Gasteiger partial charge in [-0.2, -0.15) is 5.10 Å². The van der Waals surface area contributed by atoms with Crippen molar-refractivity contribution >= 4 is 0 Å². The minimum Gasteiger partial charge on any atom is -0.382 e. The lowest BCUT2D eigenvalue weighted by atomic mass is 10.0. The van der Waals surface area contributed by atoms with E-state index in [2.05, 4.69) is 41.9 Å². The zero-order chi connectivity index (χ0) is 14.3. The highest BCUT2D eigenvalue weighted by molar-refractivity contribution is 5.12. The molecule has 19 heavy (non-hydrogen) atoms. The van der Waals surface area contributed by atoms with Crippen LogP contribution < -0.4 is 5.32 Å². The number of aryl methyl sites for hydroxylation is 2. The smallest absolute Gasteiger partial charge is 0.0624 e. The first-order chi connectivity index (χ1) is 9.14. The van der Waals surface area contributed by atoms with Crippen molar-refractivity contribution in [2.24, 2.45) is 0 Å². The van der Waals surface area contributed by atoms with Crippen LogP contribution in [0.15, 0.2) is 6.07 Å². The molecule has 4 heteroatoms. The van der Waals surface area contributed by atoms with Gasteiger partial charge in [0.25, 0.3) is 0 Å². The number of likely N-dealkylation sites (N-methyl/N-ethyl adjacent to an activating group) is 1. The molecule has 4 nitrogen and oxygen atoms in total. The summed E-state index contributed by atoms with van der Waals surface area (Å²) in [5.41, 5.74) is 2.53. The average molecular weight is 267 g/mol.